The summed E-state index contributed by atoms with van der Waals surface area (Å²) in [6.07, 6.45) is 0. The third-order valence-corrected chi connectivity index (χ3v) is 4.81. The quantitative estimate of drug-likeness (QED) is 0.800. The highest BCUT2D eigenvalue weighted by molar-refractivity contribution is 6.62. The molecule has 0 saturated carbocycles. The topological polar surface area (TPSA) is 38.8 Å². The van der Waals surface area contributed by atoms with Crippen molar-refractivity contribution >= 4 is 18.5 Å². The number of nitrogens with zero attached hydrogens (tertiary/aromatic N) is 1. The second-order valence-corrected chi connectivity index (χ2v) is 6.80. The van der Waals surface area contributed by atoms with Crippen molar-refractivity contribution in [3.05, 3.63) is 29.6 Å². The molecule has 0 unspecified atom stereocenters. The molecule has 6 heteroatoms. The van der Waals surface area contributed by atoms with Gasteiger partial charge in [-0.15, -0.1) is 0 Å². The van der Waals surface area contributed by atoms with Gasteiger partial charge in [-0.3, -0.25) is 4.79 Å². The molecular weight excluding hydrogens is 296 g/mol. The van der Waals surface area contributed by atoms with Gasteiger partial charge in [-0.05, 0) is 53.7 Å². The fourth-order valence-corrected chi connectivity index (χ4v) is 2.51. The van der Waals surface area contributed by atoms with Crippen molar-refractivity contribution in [1.82, 2.24) is 4.90 Å². The maximum atomic E-state index is 14.5. The van der Waals surface area contributed by atoms with E-state index in [9.17, 15) is 9.18 Å². The molecule has 1 amide bonds. The lowest BCUT2D eigenvalue weighted by molar-refractivity contribution is 0.00578. The first-order chi connectivity index (χ1) is 10.6. The standard InChI is InChI=1S/C17H25BFNO3/c1-7-20(8-2)15(21)12-9-10-13(14(19)11-12)18-22-16(3,4)17(5,6)23-18/h9-11H,7-8H2,1-6H3. The Hall–Kier alpha value is -1.40. The highest BCUT2D eigenvalue weighted by atomic mass is 19.1. The second kappa shape index (κ2) is 6.25. The molecule has 0 aromatic heterocycles. The minimum absolute atomic E-state index is 0.172. The van der Waals surface area contributed by atoms with Gasteiger partial charge < -0.3 is 14.2 Å². The predicted molar refractivity (Wildman–Crippen MR) is 89.4 cm³/mol. The van der Waals surface area contributed by atoms with Gasteiger partial charge in [0.05, 0.1) is 11.2 Å². The zero-order valence-electron chi connectivity index (χ0n) is 14.8. The van der Waals surface area contributed by atoms with Crippen LogP contribution in [-0.2, 0) is 9.31 Å². The molecule has 126 valence electrons. The van der Waals surface area contributed by atoms with Crippen LogP contribution in [0.4, 0.5) is 4.39 Å². The largest absolute Gasteiger partial charge is 0.497 e. The van der Waals surface area contributed by atoms with E-state index in [1.54, 1.807) is 17.0 Å². The summed E-state index contributed by atoms with van der Waals surface area (Å²) in [5.74, 6) is -0.657. The first-order valence-electron chi connectivity index (χ1n) is 8.07. The second-order valence-electron chi connectivity index (χ2n) is 6.80. The molecule has 0 bridgehead atoms. The van der Waals surface area contributed by atoms with E-state index < -0.39 is 24.1 Å². The highest BCUT2D eigenvalue weighted by Gasteiger charge is 2.52. The molecule has 1 aromatic carbocycles. The third kappa shape index (κ3) is 3.28. The summed E-state index contributed by atoms with van der Waals surface area (Å²) < 4.78 is 26.2. The van der Waals surface area contributed by atoms with Crippen LogP contribution in [0.25, 0.3) is 0 Å². The third-order valence-electron chi connectivity index (χ3n) is 4.81. The van der Waals surface area contributed by atoms with Gasteiger partial charge in [-0.1, -0.05) is 6.07 Å². The summed E-state index contributed by atoms with van der Waals surface area (Å²) >= 11 is 0. The van der Waals surface area contributed by atoms with Crippen molar-refractivity contribution in [2.45, 2.75) is 52.7 Å². The number of amides is 1. The SMILES string of the molecule is CCN(CC)C(=O)c1ccc(B2OC(C)(C)C(C)(C)O2)c(F)c1. The Balaban J connectivity index is 2.26. The average molecular weight is 321 g/mol. The fraction of sp³-hybridized carbons (Fsp3) is 0.588. The Morgan fingerprint density at radius 2 is 1.65 bits per heavy atom. The minimum Gasteiger partial charge on any atom is -0.399 e. The zero-order valence-corrected chi connectivity index (χ0v) is 14.8. The minimum atomic E-state index is -0.766. The van der Waals surface area contributed by atoms with Crippen molar-refractivity contribution in [1.29, 1.82) is 0 Å². The van der Waals surface area contributed by atoms with Crippen LogP contribution < -0.4 is 5.46 Å². The summed E-state index contributed by atoms with van der Waals surface area (Å²) in [5, 5.41) is 0. The summed E-state index contributed by atoms with van der Waals surface area (Å²) in [4.78, 5) is 14.0. The van der Waals surface area contributed by atoms with Crippen LogP contribution >= 0.6 is 0 Å². The van der Waals surface area contributed by atoms with E-state index in [0.717, 1.165) is 0 Å². The molecule has 1 aliphatic rings. The van der Waals surface area contributed by atoms with Crippen molar-refractivity contribution < 1.29 is 18.5 Å². The van der Waals surface area contributed by atoms with Gasteiger partial charge in [0.15, 0.2) is 0 Å². The molecule has 1 heterocycles. The first kappa shape index (κ1) is 18.0. The van der Waals surface area contributed by atoms with Gasteiger partial charge in [0.2, 0.25) is 0 Å². The molecular formula is C17H25BFNO3. The molecule has 0 spiro atoms. The van der Waals surface area contributed by atoms with Crippen molar-refractivity contribution in [2.75, 3.05) is 13.1 Å². The van der Waals surface area contributed by atoms with E-state index in [-0.39, 0.29) is 5.91 Å². The number of hydrogen-bond acceptors (Lipinski definition) is 3. The van der Waals surface area contributed by atoms with Crippen molar-refractivity contribution in [2.24, 2.45) is 0 Å². The number of carbonyl (C=O) groups excluding carboxylic acids is 1. The van der Waals surface area contributed by atoms with Crippen LogP contribution in [0.2, 0.25) is 0 Å². The van der Waals surface area contributed by atoms with E-state index in [4.69, 9.17) is 9.31 Å². The van der Waals surface area contributed by atoms with Gasteiger partial charge in [0.1, 0.15) is 5.82 Å². The number of halogens is 1. The molecule has 23 heavy (non-hydrogen) atoms. The van der Waals surface area contributed by atoms with Gasteiger partial charge in [0, 0.05) is 24.1 Å². The van der Waals surface area contributed by atoms with E-state index in [0.29, 0.717) is 24.1 Å². The Morgan fingerprint density at radius 1 is 1.13 bits per heavy atom. The highest BCUT2D eigenvalue weighted by Crippen LogP contribution is 2.36. The number of benzene rings is 1. The summed E-state index contributed by atoms with van der Waals surface area (Å²) in [6, 6.07) is 4.47. The monoisotopic (exact) mass is 321 g/mol. The Labute approximate surface area is 138 Å². The number of carbonyl (C=O) groups is 1. The Kier molecular flexibility index (Phi) is 4.88. The predicted octanol–water partition coefficient (Wildman–Crippen LogP) is 2.61. The lowest BCUT2D eigenvalue weighted by Crippen LogP contribution is -2.41. The van der Waals surface area contributed by atoms with E-state index in [1.807, 2.05) is 41.5 Å². The van der Waals surface area contributed by atoms with Crippen molar-refractivity contribution in [3.63, 3.8) is 0 Å². The number of hydrogen-bond donors (Lipinski definition) is 0. The molecule has 1 aromatic rings. The van der Waals surface area contributed by atoms with Crippen molar-refractivity contribution in [3.8, 4) is 0 Å². The van der Waals surface area contributed by atoms with E-state index in [1.165, 1.54) is 6.07 Å². The molecule has 0 aliphatic carbocycles. The smallest absolute Gasteiger partial charge is 0.399 e. The first-order valence-corrected chi connectivity index (χ1v) is 8.07. The van der Waals surface area contributed by atoms with Crippen LogP contribution in [0.5, 0.6) is 0 Å². The summed E-state index contributed by atoms with van der Waals surface area (Å²) in [7, 11) is -0.766. The summed E-state index contributed by atoms with van der Waals surface area (Å²) in [6.45, 7) is 12.7. The number of rotatable bonds is 4. The van der Waals surface area contributed by atoms with Crippen LogP contribution in [0, 0.1) is 5.82 Å². The molecule has 2 rings (SSSR count). The van der Waals surface area contributed by atoms with Crippen LogP contribution in [0.15, 0.2) is 18.2 Å². The molecule has 1 saturated heterocycles. The van der Waals surface area contributed by atoms with Gasteiger partial charge >= 0.3 is 7.12 Å². The Morgan fingerprint density at radius 3 is 2.09 bits per heavy atom. The van der Waals surface area contributed by atoms with Crippen LogP contribution in [-0.4, -0.2) is 42.2 Å². The maximum absolute atomic E-state index is 14.5. The van der Waals surface area contributed by atoms with E-state index >= 15 is 0 Å². The maximum Gasteiger partial charge on any atom is 0.497 e. The summed E-state index contributed by atoms with van der Waals surface area (Å²) in [5.41, 5.74) is -0.397. The molecule has 1 aliphatic heterocycles. The lowest BCUT2D eigenvalue weighted by Gasteiger charge is -2.32. The fourth-order valence-electron chi connectivity index (χ4n) is 2.51. The van der Waals surface area contributed by atoms with E-state index in [2.05, 4.69) is 0 Å². The van der Waals surface area contributed by atoms with Gasteiger partial charge in [0.25, 0.3) is 5.91 Å². The van der Waals surface area contributed by atoms with Crippen LogP contribution in [0.3, 0.4) is 0 Å². The molecule has 0 atom stereocenters. The van der Waals surface area contributed by atoms with Gasteiger partial charge in [-0.25, -0.2) is 4.39 Å². The molecule has 4 nitrogen and oxygen atoms in total. The molecule has 0 N–H and O–H groups in total. The lowest BCUT2D eigenvalue weighted by atomic mass is 9.78. The average Bonchev–Trinajstić information content (AvgIpc) is 2.68. The molecule has 0 radical (unpaired) electrons. The molecule has 1 fully saturated rings. The van der Waals surface area contributed by atoms with Crippen LogP contribution in [0.1, 0.15) is 51.9 Å². The Bertz CT molecular complexity index is 584. The van der Waals surface area contributed by atoms with Gasteiger partial charge in [-0.2, -0.15) is 0 Å². The zero-order chi connectivity index (χ0) is 17.4. The normalized spacial score (nSPS) is 19.0.